The van der Waals surface area contributed by atoms with E-state index >= 15 is 0 Å². The Kier molecular flexibility index (Phi) is 4.83. The summed E-state index contributed by atoms with van der Waals surface area (Å²) in [6.45, 7) is 3.01. The number of benzene rings is 1. The Morgan fingerprint density at radius 2 is 1.68 bits per heavy atom. The molecule has 104 valence electrons. The van der Waals surface area contributed by atoms with Crippen molar-refractivity contribution in [3.63, 3.8) is 0 Å². The molecule has 1 aromatic carbocycles. The van der Waals surface area contributed by atoms with E-state index in [4.69, 9.17) is 5.11 Å². The Morgan fingerprint density at radius 1 is 1.16 bits per heavy atom. The third-order valence-electron chi connectivity index (χ3n) is 2.66. The van der Waals surface area contributed by atoms with Crippen molar-refractivity contribution in [3.8, 4) is 0 Å². The van der Waals surface area contributed by atoms with Crippen molar-refractivity contribution >= 4 is 21.6 Å². The highest BCUT2D eigenvalue weighted by Crippen LogP contribution is 2.15. The molecule has 1 atom stereocenters. The van der Waals surface area contributed by atoms with Gasteiger partial charge in [0.05, 0.1) is 0 Å². The van der Waals surface area contributed by atoms with Crippen molar-refractivity contribution in [1.29, 1.82) is 0 Å². The lowest BCUT2D eigenvalue weighted by Gasteiger charge is -2.16. The van der Waals surface area contributed by atoms with Crippen molar-refractivity contribution in [2.45, 2.75) is 19.1 Å². The Bertz CT molecular complexity index is 560. The number of carbonyl (C=O) groups is 2. The predicted molar refractivity (Wildman–Crippen MR) is 70.8 cm³/mol. The van der Waals surface area contributed by atoms with Gasteiger partial charge in [0.2, 0.25) is 0 Å². The maximum Gasteiger partial charge on any atom is 0.322 e. The minimum atomic E-state index is -4.02. The largest absolute Gasteiger partial charge is 0.480 e. The highest BCUT2D eigenvalue weighted by molar-refractivity contribution is 7.93. The molecule has 0 amide bonds. The van der Waals surface area contributed by atoms with Gasteiger partial charge < -0.3 is 5.11 Å². The highest BCUT2D eigenvalue weighted by atomic mass is 32.2. The molecular formula is C13H16O5S. The molecule has 0 saturated carbocycles. The molecule has 0 radical (unpaired) electrons. The van der Waals surface area contributed by atoms with Crippen LogP contribution in [0.15, 0.2) is 30.3 Å². The number of hydrogen-bond donors (Lipinski definition) is 1. The zero-order valence-corrected chi connectivity index (χ0v) is 11.6. The predicted octanol–water partition coefficient (Wildman–Crippen LogP) is 1.39. The first kappa shape index (κ1) is 15.4. The molecule has 0 bridgehead atoms. The van der Waals surface area contributed by atoms with Gasteiger partial charge in [0.15, 0.2) is 20.9 Å². The van der Waals surface area contributed by atoms with Crippen LogP contribution in [0.2, 0.25) is 0 Å². The fourth-order valence-corrected chi connectivity index (χ4v) is 3.68. The molecule has 6 heteroatoms. The van der Waals surface area contributed by atoms with Gasteiger partial charge in [-0.15, -0.1) is 0 Å². The van der Waals surface area contributed by atoms with Gasteiger partial charge in [-0.1, -0.05) is 44.2 Å². The molecule has 0 aromatic heterocycles. The number of carboxylic acid groups (broad SMARTS) is 1. The number of rotatable bonds is 6. The normalized spacial score (nSPS) is 13.2. The zero-order valence-electron chi connectivity index (χ0n) is 10.7. The molecule has 0 fully saturated rings. The minimum absolute atomic E-state index is 0.263. The molecular weight excluding hydrogens is 268 g/mol. The van der Waals surface area contributed by atoms with Gasteiger partial charge in [-0.05, 0) is 5.92 Å². The van der Waals surface area contributed by atoms with Gasteiger partial charge >= 0.3 is 5.97 Å². The zero-order chi connectivity index (χ0) is 14.6. The van der Waals surface area contributed by atoms with E-state index in [1.165, 1.54) is 26.0 Å². The molecule has 1 unspecified atom stereocenters. The molecule has 1 rings (SSSR count). The number of ketones is 1. The molecule has 1 N–H and O–H groups in total. The van der Waals surface area contributed by atoms with E-state index in [0.29, 0.717) is 0 Å². The lowest BCUT2D eigenvalue weighted by Crippen LogP contribution is -2.38. The van der Waals surface area contributed by atoms with E-state index < -0.39 is 38.5 Å². The summed E-state index contributed by atoms with van der Waals surface area (Å²) in [4.78, 5) is 22.9. The summed E-state index contributed by atoms with van der Waals surface area (Å²) >= 11 is 0. The fourth-order valence-electron chi connectivity index (χ4n) is 1.83. The highest BCUT2D eigenvalue weighted by Gasteiger charge is 2.36. The molecule has 0 spiro atoms. The maximum atomic E-state index is 12.0. The van der Waals surface area contributed by atoms with Gasteiger partial charge in [0.25, 0.3) is 0 Å². The summed E-state index contributed by atoms with van der Waals surface area (Å²) in [6, 6.07) is 7.96. The third-order valence-corrected chi connectivity index (χ3v) is 4.85. The number of Topliss-reactive ketones (excluding diaryl/α,β-unsaturated/α-hetero) is 1. The second-order valence-corrected chi connectivity index (χ2v) is 6.72. The third kappa shape index (κ3) is 3.89. The van der Waals surface area contributed by atoms with Crippen LogP contribution in [0.25, 0.3) is 0 Å². The molecule has 19 heavy (non-hydrogen) atoms. The summed E-state index contributed by atoms with van der Waals surface area (Å²) in [7, 11) is -4.02. The van der Waals surface area contributed by atoms with E-state index in [0.717, 1.165) is 0 Å². The van der Waals surface area contributed by atoms with Gasteiger partial charge in [0, 0.05) is 5.56 Å². The van der Waals surface area contributed by atoms with Gasteiger partial charge in [-0.25, -0.2) is 8.42 Å². The van der Waals surface area contributed by atoms with Crippen LogP contribution >= 0.6 is 0 Å². The first-order valence-corrected chi connectivity index (χ1v) is 7.50. The molecule has 5 nitrogen and oxygen atoms in total. The number of sulfone groups is 1. The van der Waals surface area contributed by atoms with Crippen LogP contribution in [-0.4, -0.2) is 36.3 Å². The van der Waals surface area contributed by atoms with Crippen molar-refractivity contribution in [2.75, 3.05) is 5.75 Å². The molecule has 0 saturated heterocycles. The molecule has 0 aliphatic carbocycles. The van der Waals surface area contributed by atoms with Crippen LogP contribution < -0.4 is 0 Å². The second kappa shape index (κ2) is 5.97. The van der Waals surface area contributed by atoms with E-state index in [2.05, 4.69) is 0 Å². The van der Waals surface area contributed by atoms with Crippen LogP contribution in [0, 0.1) is 5.92 Å². The first-order chi connectivity index (χ1) is 8.75. The van der Waals surface area contributed by atoms with Crippen molar-refractivity contribution in [1.82, 2.24) is 0 Å². The Labute approximate surface area is 112 Å². The second-order valence-electron chi connectivity index (χ2n) is 4.60. The topological polar surface area (TPSA) is 88.5 Å². The van der Waals surface area contributed by atoms with Crippen molar-refractivity contribution in [2.24, 2.45) is 5.92 Å². The van der Waals surface area contributed by atoms with Crippen LogP contribution in [0.4, 0.5) is 0 Å². The van der Waals surface area contributed by atoms with E-state index in [9.17, 15) is 18.0 Å². The van der Waals surface area contributed by atoms with Crippen LogP contribution in [0.3, 0.4) is 0 Å². The Balaban J connectivity index is 2.97. The van der Waals surface area contributed by atoms with Gasteiger partial charge in [0.1, 0.15) is 5.75 Å². The van der Waals surface area contributed by atoms with Crippen LogP contribution in [-0.2, 0) is 14.6 Å². The Morgan fingerprint density at radius 3 is 2.11 bits per heavy atom. The SMILES string of the molecule is CC(C)C(C(=O)O)S(=O)(=O)CC(=O)c1ccccc1. The summed E-state index contributed by atoms with van der Waals surface area (Å²) in [5.74, 6) is -3.39. The number of carboxylic acids is 1. The van der Waals surface area contributed by atoms with Crippen LogP contribution in [0.1, 0.15) is 24.2 Å². The molecule has 0 heterocycles. The van der Waals surface area contributed by atoms with E-state index in [1.54, 1.807) is 18.2 Å². The van der Waals surface area contributed by atoms with Crippen LogP contribution in [0.5, 0.6) is 0 Å². The molecule has 0 aliphatic heterocycles. The van der Waals surface area contributed by atoms with Gasteiger partial charge in [-0.2, -0.15) is 0 Å². The summed E-state index contributed by atoms with van der Waals surface area (Å²) in [6.07, 6.45) is 0. The standard InChI is InChI=1S/C13H16O5S/c1-9(2)12(13(15)16)19(17,18)8-11(14)10-6-4-3-5-7-10/h3-7,9,12H,8H2,1-2H3,(H,15,16). The average Bonchev–Trinajstić information content (AvgIpc) is 2.27. The van der Waals surface area contributed by atoms with E-state index in [-0.39, 0.29) is 5.56 Å². The lowest BCUT2D eigenvalue weighted by atomic mass is 10.1. The average molecular weight is 284 g/mol. The summed E-state index contributed by atoms with van der Waals surface area (Å²) in [5.41, 5.74) is 0.263. The minimum Gasteiger partial charge on any atom is -0.480 e. The summed E-state index contributed by atoms with van der Waals surface area (Å²) < 4.78 is 24.0. The maximum absolute atomic E-state index is 12.0. The van der Waals surface area contributed by atoms with Crippen molar-refractivity contribution in [3.05, 3.63) is 35.9 Å². The van der Waals surface area contributed by atoms with Gasteiger partial charge in [-0.3, -0.25) is 9.59 Å². The lowest BCUT2D eigenvalue weighted by molar-refractivity contribution is -0.137. The Hall–Kier alpha value is -1.69. The quantitative estimate of drug-likeness (QED) is 0.797. The molecule has 1 aromatic rings. The number of carbonyl (C=O) groups excluding carboxylic acids is 1. The smallest absolute Gasteiger partial charge is 0.322 e. The fraction of sp³-hybridized carbons (Fsp3) is 0.385. The molecule has 0 aliphatic rings. The summed E-state index contributed by atoms with van der Waals surface area (Å²) in [5, 5.41) is 7.42. The number of aliphatic carboxylic acids is 1. The van der Waals surface area contributed by atoms with Crippen molar-refractivity contribution < 1.29 is 23.1 Å². The monoisotopic (exact) mass is 284 g/mol. The first-order valence-electron chi connectivity index (χ1n) is 5.78. The van der Waals surface area contributed by atoms with E-state index in [1.807, 2.05) is 0 Å². The number of hydrogen-bond acceptors (Lipinski definition) is 4.